The molecule has 1 atom stereocenters. The van der Waals surface area contributed by atoms with Gasteiger partial charge in [-0.25, -0.2) is 0 Å². The topological polar surface area (TPSA) is 32.3 Å². The Hall–Kier alpha value is -2.13. The lowest BCUT2D eigenvalue weighted by atomic mass is 9.97. The Bertz CT molecular complexity index is 760. The van der Waals surface area contributed by atoms with Crippen molar-refractivity contribution in [1.29, 1.82) is 0 Å². The third-order valence-electron chi connectivity index (χ3n) is 5.15. The van der Waals surface area contributed by atoms with Gasteiger partial charge in [-0.15, -0.1) is 0 Å². The molecule has 1 saturated heterocycles. The molecule has 0 spiro atoms. The minimum absolute atomic E-state index is 0.0403. The second kappa shape index (κ2) is 8.30. The second-order valence-electron chi connectivity index (χ2n) is 7.12. The first-order valence-electron chi connectivity index (χ1n) is 9.27. The summed E-state index contributed by atoms with van der Waals surface area (Å²) in [4.78, 5) is 15.2. The van der Waals surface area contributed by atoms with Gasteiger partial charge in [0.25, 0.3) is 5.91 Å². The zero-order valence-electron chi connectivity index (χ0n) is 15.3. The smallest absolute Gasteiger partial charge is 0.251 e. The molecule has 1 aliphatic heterocycles. The van der Waals surface area contributed by atoms with Crippen molar-refractivity contribution in [1.82, 2.24) is 10.2 Å². The van der Waals surface area contributed by atoms with Gasteiger partial charge in [0.05, 0.1) is 0 Å². The molecule has 1 unspecified atom stereocenters. The summed E-state index contributed by atoms with van der Waals surface area (Å²) in [6, 6.07) is 14.0. The zero-order valence-corrected chi connectivity index (χ0v) is 15.3. The number of nitrogens with one attached hydrogen (secondary N) is 1. The molecule has 0 bridgehead atoms. The van der Waals surface area contributed by atoms with Gasteiger partial charge in [0.1, 0.15) is 0 Å². The number of carbonyl (C=O) groups is 1. The fraction of sp³-hybridized carbons (Fsp3) is 0.409. The van der Waals surface area contributed by atoms with Crippen LogP contribution in [0.15, 0.2) is 54.1 Å². The summed E-state index contributed by atoms with van der Waals surface area (Å²) in [7, 11) is 0. The van der Waals surface area contributed by atoms with Crippen molar-refractivity contribution < 1.29 is 4.79 Å². The standard InChI is InChI=1S/C22H28N2O/c1-3-17(2)15-24-13-7-8-18(16-24)14-23-22(25)21-12-6-10-19-9-4-5-11-20(19)21/h3-6,9-12,18H,7-8,13-16H2,1-2H3,(H,23,25). The Morgan fingerprint density at radius 1 is 1.24 bits per heavy atom. The number of piperidine rings is 1. The van der Waals surface area contributed by atoms with E-state index in [0.29, 0.717) is 5.92 Å². The molecule has 1 N–H and O–H groups in total. The van der Waals surface area contributed by atoms with Crippen LogP contribution in [-0.4, -0.2) is 37.0 Å². The van der Waals surface area contributed by atoms with E-state index in [9.17, 15) is 4.79 Å². The lowest BCUT2D eigenvalue weighted by molar-refractivity contribution is 0.0936. The van der Waals surface area contributed by atoms with Gasteiger partial charge in [-0.05, 0) is 56.0 Å². The summed E-state index contributed by atoms with van der Waals surface area (Å²) in [6.45, 7) is 8.32. The van der Waals surface area contributed by atoms with E-state index in [1.807, 2.05) is 30.3 Å². The summed E-state index contributed by atoms with van der Waals surface area (Å²) >= 11 is 0. The number of allylic oxidation sites excluding steroid dienone is 1. The Balaban J connectivity index is 1.60. The maximum absolute atomic E-state index is 12.7. The molecule has 1 heterocycles. The van der Waals surface area contributed by atoms with Crippen LogP contribution < -0.4 is 5.32 Å². The molecule has 25 heavy (non-hydrogen) atoms. The largest absolute Gasteiger partial charge is 0.352 e. The van der Waals surface area contributed by atoms with Crippen LogP contribution in [-0.2, 0) is 0 Å². The van der Waals surface area contributed by atoms with Gasteiger partial charge in [-0.3, -0.25) is 9.69 Å². The van der Waals surface area contributed by atoms with Crippen LogP contribution in [0.5, 0.6) is 0 Å². The van der Waals surface area contributed by atoms with E-state index in [2.05, 4.69) is 42.3 Å². The number of nitrogens with zero attached hydrogens (tertiary/aromatic N) is 1. The van der Waals surface area contributed by atoms with Crippen LogP contribution in [0.4, 0.5) is 0 Å². The number of amides is 1. The van der Waals surface area contributed by atoms with E-state index >= 15 is 0 Å². The number of rotatable bonds is 5. The molecular formula is C22H28N2O. The number of hydrogen-bond donors (Lipinski definition) is 1. The molecule has 0 radical (unpaired) electrons. The fourth-order valence-corrected chi connectivity index (χ4v) is 3.66. The van der Waals surface area contributed by atoms with Gasteiger partial charge < -0.3 is 5.32 Å². The highest BCUT2D eigenvalue weighted by Crippen LogP contribution is 2.20. The molecule has 1 fully saturated rings. The van der Waals surface area contributed by atoms with E-state index in [-0.39, 0.29) is 5.91 Å². The third-order valence-corrected chi connectivity index (χ3v) is 5.15. The molecule has 0 aliphatic carbocycles. The van der Waals surface area contributed by atoms with Crippen molar-refractivity contribution in [3.63, 3.8) is 0 Å². The first-order chi connectivity index (χ1) is 12.2. The first-order valence-corrected chi connectivity index (χ1v) is 9.27. The first kappa shape index (κ1) is 17.7. The zero-order chi connectivity index (χ0) is 17.6. The number of likely N-dealkylation sites (tertiary alicyclic amines) is 1. The van der Waals surface area contributed by atoms with Crippen molar-refractivity contribution >= 4 is 16.7 Å². The van der Waals surface area contributed by atoms with E-state index in [1.165, 1.54) is 25.0 Å². The monoisotopic (exact) mass is 336 g/mol. The third kappa shape index (κ3) is 4.49. The molecular weight excluding hydrogens is 308 g/mol. The molecule has 1 aliphatic rings. The second-order valence-corrected chi connectivity index (χ2v) is 7.12. The Kier molecular flexibility index (Phi) is 5.87. The molecule has 3 nitrogen and oxygen atoms in total. The van der Waals surface area contributed by atoms with Gasteiger partial charge in [0.2, 0.25) is 0 Å². The highest BCUT2D eigenvalue weighted by atomic mass is 16.1. The predicted molar refractivity (Wildman–Crippen MR) is 105 cm³/mol. The van der Waals surface area contributed by atoms with Crippen molar-refractivity contribution in [2.24, 2.45) is 5.92 Å². The van der Waals surface area contributed by atoms with Crippen molar-refractivity contribution in [2.45, 2.75) is 26.7 Å². The van der Waals surface area contributed by atoms with Crippen molar-refractivity contribution in [3.05, 3.63) is 59.7 Å². The summed E-state index contributed by atoms with van der Waals surface area (Å²) in [5, 5.41) is 5.30. The Morgan fingerprint density at radius 2 is 2.04 bits per heavy atom. The van der Waals surface area contributed by atoms with E-state index in [1.54, 1.807) is 0 Å². The number of hydrogen-bond acceptors (Lipinski definition) is 2. The summed E-state index contributed by atoms with van der Waals surface area (Å²) in [6.07, 6.45) is 4.60. The van der Waals surface area contributed by atoms with Crippen LogP contribution in [0.1, 0.15) is 37.0 Å². The molecule has 3 rings (SSSR count). The average Bonchev–Trinajstić information content (AvgIpc) is 2.66. The molecule has 0 aromatic heterocycles. The highest BCUT2D eigenvalue weighted by molar-refractivity contribution is 6.06. The maximum atomic E-state index is 12.7. The summed E-state index contributed by atoms with van der Waals surface area (Å²) in [5.74, 6) is 0.580. The van der Waals surface area contributed by atoms with Crippen LogP contribution in [0.2, 0.25) is 0 Å². The molecule has 132 valence electrons. The van der Waals surface area contributed by atoms with Gasteiger partial charge in [0, 0.05) is 25.2 Å². The lowest BCUT2D eigenvalue weighted by Crippen LogP contribution is -2.41. The highest BCUT2D eigenvalue weighted by Gasteiger charge is 2.20. The van der Waals surface area contributed by atoms with Gasteiger partial charge in [-0.1, -0.05) is 48.0 Å². The minimum atomic E-state index is 0.0403. The van der Waals surface area contributed by atoms with E-state index in [0.717, 1.165) is 36.0 Å². The minimum Gasteiger partial charge on any atom is -0.352 e. The molecule has 2 aromatic rings. The number of fused-ring (bicyclic) bond motifs is 1. The van der Waals surface area contributed by atoms with Crippen LogP contribution in [0, 0.1) is 5.92 Å². The van der Waals surface area contributed by atoms with Crippen LogP contribution >= 0.6 is 0 Å². The van der Waals surface area contributed by atoms with Crippen LogP contribution in [0.25, 0.3) is 10.8 Å². The summed E-state index contributed by atoms with van der Waals surface area (Å²) < 4.78 is 0. The predicted octanol–water partition coefficient (Wildman–Crippen LogP) is 4.25. The van der Waals surface area contributed by atoms with Crippen LogP contribution in [0.3, 0.4) is 0 Å². The molecule has 0 saturated carbocycles. The molecule has 2 aromatic carbocycles. The van der Waals surface area contributed by atoms with E-state index < -0.39 is 0 Å². The van der Waals surface area contributed by atoms with Gasteiger partial charge in [0.15, 0.2) is 0 Å². The number of carbonyl (C=O) groups excluding carboxylic acids is 1. The van der Waals surface area contributed by atoms with Crippen molar-refractivity contribution in [3.8, 4) is 0 Å². The SMILES string of the molecule is CC=C(C)CN1CCCC(CNC(=O)c2cccc3ccccc23)C1. The fourth-order valence-electron chi connectivity index (χ4n) is 3.66. The van der Waals surface area contributed by atoms with Gasteiger partial charge in [-0.2, -0.15) is 0 Å². The van der Waals surface area contributed by atoms with E-state index in [4.69, 9.17) is 0 Å². The Morgan fingerprint density at radius 3 is 2.88 bits per heavy atom. The number of benzene rings is 2. The maximum Gasteiger partial charge on any atom is 0.251 e. The lowest BCUT2D eigenvalue weighted by Gasteiger charge is -2.33. The average molecular weight is 336 g/mol. The normalized spacial score (nSPS) is 19.1. The van der Waals surface area contributed by atoms with Gasteiger partial charge >= 0.3 is 0 Å². The van der Waals surface area contributed by atoms with Crippen molar-refractivity contribution in [2.75, 3.05) is 26.2 Å². The Labute approximate surface area is 150 Å². The molecule has 1 amide bonds. The summed E-state index contributed by atoms with van der Waals surface area (Å²) in [5.41, 5.74) is 2.19. The molecule has 3 heteroatoms. The quantitative estimate of drug-likeness (QED) is 0.828.